The molecule has 2 N–H and O–H groups in total. The van der Waals surface area contributed by atoms with Gasteiger partial charge in [-0.15, -0.1) is 0 Å². The molecular weight excluding hydrogens is 280 g/mol. The van der Waals surface area contributed by atoms with Crippen molar-refractivity contribution in [2.24, 2.45) is 5.73 Å². The standard InChI is InChI=1S/C13H17BrN2O/c1-9(15)13(17)16(12-5-6-12)8-10-3-2-4-11(14)7-10/h2-4,7,9,12H,5-6,8,15H2,1H3/t9-/m1/s1. The van der Waals surface area contributed by atoms with Crippen LogP contribution in [0.3, 0.4) is 0 Å². The number of hydrogen-bond acceptors (Lipinski definition) is 2. The number of hydrogen-bond donors (Lipinski definition) is 1. The van der Waals surface area contributed by atoms with Gasteiger partial charge in [-0.1, -0.05) is 28.1 Å². The maximum atomic E-state index is 12.0. The van der Waals surface area contributed by atoms with Crippen LogP contribution in [0.15, 0.2) is 28.7 Å². The molecular formula is C13H17BrN2O. The van der Waals surface area contributed by atoms with E-state index in [9.17, 15) is 4.79 Å². The number of halogens is 1. The Morgan fingerprint density at radius 1 is 1.59 bits per heavy atom. The summed E-state index contributed by atoms with van der Waals surface area (Å²) in [4.78, 5) is 13.9. The maximum absolute atomic E-state index is 12.0. The van der Waals surface area contributed by atoms with Crippen molar-refractivity contribution < 1.29 is 4.79 Å². The van der Waals surface area contributed by atoms with Crippen LogP contribution in [0.4, 0.5) is 0 Å². The van der Waals surface area contributed by atoms with E-state index in [1.807, 2.05) is 29.2 Å². The minimum atomic E-state index is -0.414. The number of amides is 1. The van der Waals surface area contributed by atoms with Crippen molar-refractivity contribution in [2.75, 3.05) is 0 Å². The van der Waals surface area contributed by atoms with Gasteiger partial charge in [0.1, 0.15) is 0 Å². The molecule has 0 unspecified atom stereocenters. The molecule has 4 heteroatoms. The van der Waals surface area contributed by atoms with E-state index in [1.165, 1.54) is 0 Å². The summed E-state index contributed by atoms with van der Waals surface area (Å²) in [5.74, 6) is 0.0486. The van der Waals surface area contributed by atoms with E-state index in [0.29, 0.717) is 12.6 Å². The molecule has 1 saturated carbocycles. The lowest BCUT2D eigenvalue weighted by Gasteiger charge is -2.24. The molecule has 92 valence electrons. The Morgan fingerprint density at radius 3 is 2.82 bits per heavy atom. The molecule has 1 atom stereocenters. The summed E-state index contributed by atoms with van der Waals surface area (Å²) < 4.78 is 1.04. The van der Waals surface area contributed by atoms with E-state index in [0.717, 1.165) is 22.9 Å². The molecule has 1 aliphatic carbocycles. The Labute approximate surface area is 110 Å². The molecule has 1 fully saturated rings. The van der Waals surface area contributed by atoms with E-state index in [1.54, 1.807) is 6.92 Å². The quantitative estimate of drug-likeness (QED) is 0.927. The smallest absolute Gasteiger partial charge is 0.239 e. The normalized spacial score (nSPS) is 16.6. The van der Waals surface area contributed by atoms with Crippen LogP contribution in [0.5, 0.6) is 0 Å². The second-order valence-corrected chi connectivity index (χ2v) is 5.53. The van der Waals surface area contributed by atoms with Gasteiger partial charge in [-0.3, -0.25) is 4.79 Å². The Bertz CT molecular complexity index is 416. The zero-order valence-corrected chi connectivity index (χ0v) is 11.5. The van der Waals surface area contributed by atoms with Gasteiger partial charge in [0.05, 0.1) is 6.04 Å². The lowest BCUT2D eigenvalue weighted by molar-refractivity contribution is -0.133. The van der Waals surface area contributed by atoms with Gasteiger partial charge in [0.15, 0.2) is 0 Å². The van der Waals surface area contributed by atoms with Crippen molar-refractivity contribution >= 4 is 21.8 Å². The molecule has 0 aromatic heterocycles. The van der Waals surface area contributed by atoms with E-state index < -0.39 is 6.04 Å². The Morgan fingerprint density at radius 2 is 2.29 bits per heavy atom. The number of benzene rings is 1. The zero-order chi connectivity index (χ0) is 12.4. The molecule has 1 amide bonds. The average molecular weight is 297 g/mol. The van der Waals surface area contributed by atoms with Crippen LogP contribution in [0.25, 0.3) is 0 Å². The Balaban J connectivity index is 2.10. The SMILES string of the molecule is C[C@@H](N)C(=O)N(Cc1cccc(Br)c1)C1CC1. The van der Waals surface area contributed by atoms with Gasteiger partial charge >= 0.3 is 0 Å². The largest absolute Gasteiger partial charge is 0.334 e. The van der Waals surface area contributed by atoms with Crippen molar-refractivity contribution in [2.45, 2.75) is 38.4 Å². The van der Waals surface area contributed by atoms with Gasteiger partial charge in [0.2, 0.25) is 5.91 Å². The fraction of sp³-hybridized carbons (Fsp3) is 0.462. The fourth-order valence-corrected chi connectivity index (χ4v) is 2.31. The third-order valence-electron chi connectivity index (χ3n) is 2.90. The zero-order valence-electron chi connectivity index (χ0n) is 9.90. The van der Waals surface area contributed by atoms with Gasteiger partial charge < -0.3 is 10.6 Å². The molecule has 0 heterocycles. The first-order valence-electron chi connectivity index (χ1n) is 5.88. The number of rotatable bonds is 4. The molecule has 2 rings (SSSR count). The summed E-state index contributed by atoms with van der Waals surface area (Å²) in [6.45, 7) is 2.41. The second-order valence-electron chi connectivity index (χ2n) is 4.62. The molecule has 1 aromatic carbocycles. The molecule has 3 nitrogen and oxygen atoms in total. The minimum absolute atomic E-state index is 0.0486. The van der Waals surface area contributed by atoms with Gasteiger partial charge in [-0.25, -0.2) is 0 Å². The molecule has 1 aliphatic rings. The van der Waals surface area contributed by atoms with Crippen molar-refractivity contribution in [3.63, 3.8) is 0 Å². The highest BCUT2D eigenvalue weighted by molar-refractivity contribution is 9.10. The van der Waals surface area contributed by atoms with Crippen LogP contribution < -0.4 is 5.73 Å². The van der Waals surface area contributed by atoms with E-state index in [2.05, 4.69) is 15.9 Å². The lowest BCUT2D eigenvalue weighted by Crippen LogP contribution is -2.42. The summed E-state index contributed by atoms with van der Waals surface area (Å²) in [5, 5.41) is 0. The third-order valence-corrected chi connectivity index (χ3v) is 3.40. The Hall–Kier alpha value is -0.870. The summed E-state index contributed by atoms with van der Waals surface area (Å²) in [5.41, 5.74) is 6.82. The highest BCUT2D eigenvalue weighted by Crippen LogP contribution is 2.29. The molecule has 0 spiro atoms. The highest BCUT2D eigenvalue weighted by atomic mass is 79.9. The minimum Gasteiger partial charge on any atom is -0.334 e. The molecule has 1 aromatic rings. The van der Waals surface area contributed by atoms with E-state index >= 15 is 0 Å². The van der Waals surface area contributed by atoms with Crippen LogP contribution in [0.1, 0.15) is 25.3 Å². The van der Waals surface area contributed by atoms with Gasteiger partial charge in [0, 0.05) is 17.1 Å². The highest BCUT2D eigenvalue weighted by Gasteiger charge is 2.33. The van der Waals surface area contributed by atoms with Crippen molar-refractivity contribution in [1.82, 2.24) is 4.90 Å². The molecule has 17 heavy (non-hydrogen) atoms. The number of carbonyl (C=O) groups is 1. The predicted molar refractivity (Wildman–Crippen MR) is 71.4 cm³/mol. The van der Waals surface area contributed by atoms with E-state index in [-0.39, 0.29) is 5.91 Å². The van der Waals surface area contributed by atoms with Crippen molar-refractivity contribution in [1.29, 1.82) is 0 Å². The summed E-state index contributed by atoms with van der Waals surface area (Å²) in [6.07, 6.45) is 2.21. The molecule has 0 saturated heterocycles. The maximum Gasteiger partial charge on any atom is 0.239 e. The van der Waals surface area contributed by atoms with Crippen LogP contribution >= 0.6 is 15.9 Å². The second kappa shape index (κ2) is 5.19. The first-order valence-corrected chi connectivity index (χ1v) is 6.67. The topological polar surface area (TPSA) is 46.3 Å². The first kappa shape index (κ1) is 12.6. The number of nitrogens with two attached hydrogens (primary N) is 1. The Kier molecular flexibility index (Phi) is 3.84. The van der Waals surface area contributed by atoms with E-state index in [4.69, 9.17) is 5.73 Å². The third kappa shape index (κ3) is 3.30. The summed E-state index contributed by atoms with van der Waals surface area (Å²) >= 11 is 3.44. The molecule has 0 bridgehead atoms. The average Bonchev–Trinajstić information content (AvgIpc) is 3.09. The van der Waals surface area contributed by atoms with Gasteiger partial charge in [-0.2, -0.15) is 0 Å². The predicted octanol–water partition coefficient (Wildman–Crippen LogP) is 2.29. The summed E-state index contributed by atoms with van der Waals surface area (Å²) in [6, 6.07) is 8.03. The van der Waals surface area contributed by atoms with Crippen molar-refractivity contribution in [3.8, 4) is 0 Å². The lowest BCUT2D eigenvalue weighted by atomic mass is 10.2. The van der Waals surface area contributed by atoms with Gasteiger partial charge in [-0.05, 0) is 37.5 Å². The molecule has 0 aliphatic heterocycles. The van der Waals surface area contributed by atoms with Crippen LogP contribution in [0.2, 0.25) is 0 Å². The van der Waals surface area contributed by atoms with Gasteiger partial charge in [0.25, 0.3) is 0 Å². The van der Waals surface area contributed by atoms with Crippen LogP contribution in [0, 0.1) is 0 Å². The number of carbonyl (C=O) groups excluding carboxylic acids is 1. The van der Waals surface area contributed by atoms with Crippen molar-refractivity contribution in [3.05, 3.63) is 34.3 Å². The van der Waals surface area contributed by atoms with Crippen LogP contribution in [-0.4, -0.2) is 22.9 Å². The first-order chi connectivity index (χ1) is 8.08. The van der Waals surface area contributed by atoms with Crippen LogP contribution in [-0.2, 0) is 11.3 Å². The molecule has 0 radical (unpaired) electrons. The fourth-order valence-electron chi connectivity index (χ4n) is 1.87. The summed E-state index contributed by atoms with van der Waals surface area (Å²) in [7, 11) is 0. The number of nitrogens with zero attached hydrogens (tertiary/aromatic N) is 1. The monoisotopic (exact) mass is 296 g/mol.